The van der Waals surface area contributed by atoms with Crippen molar-refractivity contribution >= 4 is 59.1 Å². The molecule has 0 amide bonds. The van der Waals surface area contributed by atoms with Crippen molar-refractivity contribution in [3.8, 4) is 0 Å². The van der Waals surface area contributed by atoms with Crippen LogP contribution in [-0.2, 0) is 0 Å². The van der Waals surface area contributed by atoms with Crippen LogP contribution in [0.1, 0.15) is 0 Å². The van der Waals surface area contributed by atoms with Gasteiger partial charge in [-0.25, -0.2) is 0 Å². The van der Waals surface area contributed by atoms with Crippen LogP contribution in [0.2, 0.25) is 0 Å². The zero-order valence-corrected chi connectivity index (χ0v) is 13.2. The maximum Gasteiger partial charge on any atom is 0.100 e. The van der Waals surface area contributed by atoms with Gasteiger partial charge >= 0.3 is 0 Å². The normalized spacial score (nSPS) is 11.8. The maximum atomic E-state index is 6.08. The lowest BCUT2D eigenvalue weighted by Gasteiger charge is -2.05. The van der Waals surface area contributed by atoms with Crippen LogP contribution in [-0.4, -0.2) is 4.57 Å². The molecule has 5 rings (SSSR count). The van der Waals surface area contributed by atoms with Gasteiger partial charge in [-0.1, -0.05) is 49.0 Å². The first kappa shape index (κ1) is 12.7. The molecule has 2 N–H and O–H groups in total. The summed E-state index contributed by atoms with van der Waals surface area (Å²) < 4.78 is 4.69. The van der Waals surface area contributed by atoms with Gasteiger partial charge in [0.15, 0.2) is 0 Å². The molecule has 0 aliphatic rings. The maximum absolute atomic E-state index is 6.08. The fraction of sp³-hybridized carbons (Fsp3) is 0. The Morgan fingerprint density at radius 1 is 0.826 bits per heavy atom. The van der Waals surface area contributed by atoms with Gasteiger partial charge in [0.2, 0.25) is 0 Å². The van der Waals surface area contributed by atoms with Crippen molar-refractivity contribution in [1.29, 1.82) is 0 Å². The standard InChI is InChI=1S/C20H14N2S/c1-12(21)22-16-8-4-2-7-15(16)19-17(22)11-10-14-13-6-3-5-9-18(13)23-20(14)19/h2-11H,1,21H2. The second kappa shape index (κ2) is 4.37. The number of nitrogens with two attached hydrogens (primary N) is 1. The van der Waals surface area contributed by atoms with Crippen LogP contribution in [0.5, 0.6) is 0 Å². The van der Waals surface area contributed by atoms with Crippen molar-refractivity contribution in [2.45, 2.75) is 0 Å². The third kappa shape index (κ3) is 1.57. The van der Waals surface area contributed by atoms with E-state index < -0.39 is 0 Å². The van der Waals surface area contributed by atoms with Crippen molar-refractivity contribution in [3.63, 3.8) is 0 Å². The van der Waals surface area contributed by atoms with E-state index in [0.717, 1.165) is 11.0 Å². The Bertz CT molecular complexity index is 1240. The second-order valence-electron chi connectivity index (χ2n) is 5.78. The van der Waals surface area contributed by atoms with Gasteiger partial charge in [0, 0.05) is 30.9 Å². The molecule has 0 bridgehead atoms. The fourth-order valence-electron chi connectivity index (χ4n) is 3.54. The zero-order valence-electron chi connectivity index (χ0n) is 12.4. The van der Waals surface area contributed by atoms with Gasteiger partial charge in [-0.15, -0.1) is 11.3 Å². The van der Waals surface area contributed by atoms with E-state index in [1.54, 1.807) is 0 Å². The number of thiophene rings is 1. The van der Waals surface area contributed by atoms with E-state index in [9.17, 15) is 0 Å². The van der Waals surface area contributed by atoms with Crippen molar-refractivity contribution in [1.82, 2.24) is 4.57 Å². The van der Waals surface area contributed by atoms with Crippen LogP contribution >= 0.6 is 11.3 Å². The van der Waals surface area contributed by atoms with E-state index in [1.165, 1.54) is 30.9 Å². The Balaban J connectivity index is 2.13. The Morgan fingerprint density at radius 3 is 2.39 bits per heavy atom. The molecule has 0 saturated carbocycles. The summed E-state index contributed by atoms with van der Waals surface area (Å²) in [5.74, 6) is 0.552. The Labute approximate surface area is 137 Å². The zero-order chi connectivity index (χ0) is 15.6. The lowest BCUT2D eigenvalue weighted by Crippen LogP contribution is -2.03. The molecule has 110 valence electrons. The van der Waals surface area contributed by atoms with Crippen LogP contribution in [0.25, 0.3) is 47.8 Å². The average molecular weight is 314 g/mol. The molecule has 0 radical (unpaired) electrons. The third-order valence-electron chi connectivity index (χ3n) is 4.47. The minimum atomic E-state index is 0.552. The predicted octanol–water partition coefficient (Wildman–Crippen LogP) is 5.55. The highest BCUT2D eigenvalue weighted by molar-refractivity contribution is 7.26. The molecule has 3 heteroatoms. The molecule has 5 aromatic rings. The summed E-state index contributed by atoms with van der Waals surface area (Å²) in [7, 11) is 0. The van der Waals surface area contributed by atoms with Gasteiger partial charge in [-0.3, -0.25) is 4.57 Å². The summed E-state index contributed by atoms with van der Waals surface area (Å²) in [6, 6.07) is 21.3. The van der Waals surface area contributed by atoms with E-state index in [1.807, 2.05) is 17.4 Å². The Morgan fingerprint density at radius 2 is 1.57 bits per heavy atom. The largest absolute Gasteiger partial charge is 0.385 e. The molecule has 2 aromatic heterocycles. The molecule has 0 aliphatic carbocycles. The van der Waals surface area contributed by atoms with E-state index in [2.05, 4.69) is 65.7 Å². The minimum Gasteiger partial charge on any atom is -0.385 e. The Hall–Kier alpha value is -2.78. The van der Waals surface area contributed by atoms with E-state index >= 15 is 0 Å². The first-order valence-corrected chi connectivity index (χ1v) is 8.35. The average Bonchev–Trinajstić information content (AvgIpc) is 3.10. The van der Waals surface area contributed by atoms with Crippen LogP contribution in [0.3, 0.4) is 0 Å². The monoisotopic (exact) mass is 314 g/mol. The van der Waals surface area contributed by atoms with Crippen LogP contribution in [0.4, 0.5) is 0 Å². The van der Waals surface area contributed by atoms with E-state index in [-0.39, 0.29) is 0 Å². The number of para-hydroxylation sites is 1. The molecular weight excluding hydrogens is 300 g/mol. The molecule has 2 nitrogen and oxygen atoms in total. The molecule has 3 aromatic carbocycles. The van der Waals surface area contributed by atoms with E-state index in [4.69, 9.17) is 5.73 Å². The first-order chi connectivity index (χ1) is 11.3. The van der Waals surface area contributed by atoms with Crippen molar-refractivity contribution < 1.29 is 0 Å². The summed E-state index contributed by atoms with van der Waals surface area (Å²) in [6.07, 6.45) is 0. The van der Waals surface area contributed by atoms with Gasteiger partial charge < -0.3 is 5.73 Å². The van der Waals surface area contributed by atoms with Crippen molar-refractivity contribution in [2.24, 2.45) is 5.73 Å². The van der Waals surface area contributed by atoms with Crippen molar-refractivity contribution in [2.75, 3.05) is 0 Å². The summed E-state index contributed by atoms with van der Waals surface area (Å²) in [5, 5.41) is 5.12. The smallest absolute Gasteiger partial charge is 0.100 e. The van der Waals surface area contributed by atoms with Crippen LogP contribution < -0.4 is 5.73 Å². The fourth-order valence-corrected chi connectivity index (χ4v) is 4.80. The topological polar surface area (TPSA) is 30.9 Å². The second-order valence-corrected chi connectivity index (χ2v) is 6.83. The molecule has 2 heterocycles. The highest BCUT2D eigenvalue weighted by Gasteiger charge is 2.16. The van der Waals surface area contributed by atoms with Gasteiger partial charge in [-0.2, -0.15) is 0 Å². The SMILES string of the molecule is C=C(N)n1c2ccccc2c2c3sc4ccccc4c3ccc21. The van der Waals surface area contributed by atoms with Gasteiger partial charge in [0.1, 0.15) is 5.82 Å². The number of aromatic nitrogens is 1. The number of rotatable bonds is 1. The number of fused-ring (bicyclic) bond motifs is 7. The molecule has 0 atom stereocenters. The van der Waals surface area contributed by atoms with Gasteiger partial charge in [0.05, 0.1) is 11.0 Å². The molecular formula is C20H14N2S. The van der Waals surface area contributed by atoms with Gasteiger partial charge in [0.25, 0.3) is 0 Å². The van der Waals surface area contributed by atoms with Crippen LogP contribution in [0, 0.1) is 0 Å². The Kier molecular flexibility index (Phi) is 2.42. The molecule has 23 heavy (non-hydrogen) atoms. The molecule has 0 fully saturated rings. The number of hydrogen-bond acceptors (Lipinski definition) is 2. The minimum absolute atomic E-state index is 0.552. The molecule has 0 spiro atoms. The molecule has 0 aliphatic heterocycles. The quantitative estimate of drug-likeness (QED) is 0.432. The number of benzene rings is 3. The molecule has 0 unspecified atom stereocenters. The summed E-state index contributed by atoms with van der Waals surface area (Å²) in [5.41, 5.74) is 8.32. The predicted molar refractivity (Wildman–Crippen MR) is 102 cm³/mol. The summed E-state index contributed by atoms with van der Waals surface area (Å²) >= 11 is 1.85. The third-order valence-corrected chi connectivity index (χ3v) is 5.67. The van der Waals surface area contributed by atoms with Gasteiger partial charge in [-0.05, 0) is 18.2 Å². The lowest BCUT2D eigenvalue weighted by molar-refractivity contribution is 1.19. The first-order valence-electron chi connectivity index (χ1n) is 7.54. The van der Waals surface area contributed by atoms with Crippen LogP contribution in [0.15, 0.2) is 67.2 Å². The van der Waals surface area contributed by atoms with Crippen molar-refractivity contribution in [3.05, 3.63) is 67.2 Å². The summed E-state index contributed by atoms with van der Waals surface area (Å²) in [4.78, 5) is 0. The molecule has 0 saturated heterocycles. The highest BCUT2D eigenvalue weighted by atomic mass is 32.1. The number of nitrogens with zero attached hydrogens (tertiary/aromatic N) is 1. The summed E-state index contributed by atoms with van der Waals surface area (Å²) in [6.45, 7) is 3.96. The highest BCUT2D eigenvalue weighted by Crippen LogP contribution is 2.42. The number of hydrogen-bond donors (Lipinski definition) is 1. The lowest BCUT2D eigenvalue weighted by atomic mass is 10.1. The van der Waals surface area contributed by atoms with E-state index in [0.29, 0.717) is 5.82 Å².